The van der Waals surface area contributed by atoms with Crippen LogP contribution in [0.4, 0.5) is 11.4 Å². The molecule has 0 aliphatic carbocycles. The first kappa shape index (κ1) is 13.1. The van der Waals surface area contributed by atoms with Crippen LogP contribution < -0.4 is 25.3 Å². The summed E-state index contributed by atoms with van der Waals surface area (Å²) < 4.78 is 15.8. The quantitative estimate of drug-likeness (QED) is 0.840. The molecule has 21 heavy (non-hydrogen) atoms. The van der Waals surface area contributed by atoms with Crippen molar-refractivity contribution in [3.05, 3.63) is 42.5 Å². The van der Waals surface area contributed by atoms with Gasteiger partial charge in [-0.25, -0.2) is 0 Å². The molecule has 3 rings (SSSR count). The van der Waals surface area contributed by atoms with Crippen molar-refractivity contribution in [3.8, 4) is 17.2 Å². The molecule has 0 spiro atoms. The predicted octanol–water partition coefficient (Wildman–Crippen LogP) is 2.01. The van der Waals surface area contributed by atoms with Gasteiger partial charge in [0, 0.05) is 23.5 Å². The van der Waals surface area contributed by atoms with Crippen molar-refractivity contribution in [2.75, 3.05) is 24.5 Å². The van der Waals surface area contributed by atoms with E-state index in [4.69, 9.17) is 19.9 Å². The molecule has 2 aromatic rings. The van der Waals surface area contributed by atoms with Gasteiger partial charge in [-0.15, -0.1) is 0 Å². The fourth-order valence-corrected chi connectivity index (χ4v) is 1.92. The van der Waals surface area contributed by atoms with Crippen LogP contribution in [0, 0.1) is 0 Å². The second kappa shape index (κ2) is 5.62. The van der Waals surface area contributed by atoms with Gasteiger partial charge < -0.3 is 25.3 Å². The van der Waals surface area contributed by atoms with Gasteiger partial charge in [-0.2, -0.15) is 0 Å². The van der Waals surface area contributed by atoms with Crippen molar-refractivity contribution in [1.29, 1.82) is 0 Å². The Morgan fingerprint density at radius 3 is 2.90 bits per heavy atom. The Hall–Kier alpha value is -2.89. The number of anilines is 2. The molecule has 6 heteroatoms. The average molecular weight is 286 g/mol. The third-order valence-electron chi connectivity index (χ3n) is 2.88. The van der Waals surface area contributed by atoms with Crippen LogP contribution in [0.3, 0.4) is 0 Å². The number of carbonyl (C=O) groups is 1. The number of nitrogen functional groups attached to an aromatic ring is 1. The normalized spacial score (nSPS) is 12.0. The van der Waals surface area contributed by atoms with Gasteiger partial charge >= 0.3 is 0 Å². The van der Waals surface area contributed by atoms with Gasteiger partial charge in [0.25, 0.3) is 5.91 Å². The number of carbonyl (C=O) groups excluding carboxylic acids is 1. The Morgan fingerprint density at radius 1 is 1.19 bits per heavy atom. The van der Waals surface area contributed by atoms with E-state index in [1.807, 2.05) is 0 Å². The molecule has 1 aliphatic heterocycles. The number of ether oxygens (including phenoxy) is 3. The van der Waals surface area contributed by atoms with Gasteiger partial charge in [0.1, 0.15) is 5.75 Å². The zero-order chi connectivity index (χ0) is 14.7. The Morgan fingerprint density at radius 2 is 2.05 bits per heavy atom. The van der Waals surface area contributed by atoms with Crippen molar-refractivity contribution in [3.63, 3.8) is 0 Å². The third-order valence-corrected chi connectivity index (χ3v) is 2.88. The average Bonchev–Trinajstić information content (AvgIpc) is 2.93. The Kier molecular flexibility index (Phi) is 3.51. The molecular formula is C15H14N2O4. The number of benzene rings is 2. The van der Waals surface area contributed by atoms with Crippen LogP contribution in [0.2, 0.25) is 0 Å². The SMILES string of the molecule is Nc1cccc(OCC(=O)Nc2ccc3c(c2)OCO3)c1. The lowest BCUT2D eigenvalue weighted by Crippen LogP contribution is -2.20. The maximum Gasteiger partial charge on any atom is 0.262 e. The minimum Gasteiger partial charge on any atom is -0.484 e. The monoisotopic (exact) mass is 286 g/mol. The topological polar surface area (TPSA) is 82.8 Å². The zero-order valence-electron chi connectivity index (χ0n) is 11.2. The summed E-state index contributed by atoms with van der Waals surface area (Å²) in [4.78, 5) is 11.8. The van der Waals surface area contributed by atoms with Crippen molar-refractivity contribution in [2.24, 2.45) is 0 Å². The molecule has 6 nitrogen and oxygen atoms in total. The lowest BCUT2D eigenvalue weighted by atomic mass is 10.3. The number of amides is 1. The molecule has 3 N–H and O–H groups in total. The number of fused-ring (bicyclic) bond motifs is 1. The van der Waals surface area contributed by atoms with Crippen LogP contribution in [-0.2, 0) is 4.79 Å². The molecule has 0 unspecified atom stereocenters. The standard InChI is InChI=1S/C15H14N2O4/c16-10-2-1-3-12(6-10)19-8-15(18)17-11-4-5-13-14(7-11)21-9-20-13/h1-7H,8-9,16H2,(H,17,18). The molecule has 0 fully saturated rings. The molecule has 1 amide bonds. The Labute approximate surface area is 121 Å². The molecule has 0 saturated heterocycles. The molecule has 0 atom stereocenters. The second-order valence-corrected chi connectivity index (χ2v) is 4.48. The lowest BCUT2D eigenvalue weighted by molar-refractivity contribution is -0.118. The highest BCUT2D eigenvalue weighted by atomic mass is 16.7. The molecule has 0 saturated carbocycles. The zero-order valence-corrected chi connectivity index (χ0v) is 11.2. The maximum atomic E-state index is 11.8. The molecular weight excluding hydrogens is 272 g/mol. The second-order valence-electron chi connectivity index (χ2n) is 4.48. The van der Waals surface area contributed by atoms with E-state index in [9.17, 15) is 4.79 Å². The molecule has 0 radical (unpaired) electrons. The highest BCUT2D eigenvalue weighted by molar-refractivity contribution is 5.92. The van der Waals surface area contributed by atoms with E-state index in [0.717, 1.165) is 0 Å². The Balaban J connectivity index is 1.57. The van der Waals surface area contributed by atoms with Gasteiger partial charge in [0.05, 0.1) is 0 Å². The van der Waals surface area contributed by atoms with Crippen LogP contribution in [0.1, 0.15) is 0 Å². The summed E-state index contributed by atoms with van der Waals surface area (Å²) in [5, 5.41) is 2.73. The number of nitrogens with two attached hydrogens (primary N) is 1. The molecule has 0 bridgehead atoms. The van der Waals surface area contributed by atoms with Crippen LogP contribution in [0.15, 0.2) is 42.5 Å². The highest BCUT2D eigenvalue weighted by Crippen LogP contribution is 2.34. The summed E-state index contributed by atoms with van der Waals surface area (Å²) in [5.74, 6) is 1.57. The first-order valence-electron chi connectivity index (χ1n) is 6.38. The van der Waals surface area contributed by atoms with Gasteiger partial charge in [-0.05, 0) is 24.3 Å². The van der Waals surface area contributed by atoms with Gasteiger partial charge in [0.2, 0.25) is 6.79 Å². The summed E-state index contributed by atoms with van der Waals surface area (Å²) in [6, 6.07) is 12.1. The first-order chi connectivity index (χ1) is 10.2. The van der Waals surface area contributed by atoms with Gasteiger partial charge in [-0.1, -0.05) is 6.07 Å². The van der Waals surface area contributed by atoms with Crippen molar-refractivity contribution >= 4 is 17.3 Å². The van der Waals surface area contributed by atoms with Crippen molar-refractivity contribution in [2.45, 2.75) is 0 Å². The smallest absolute Gasteiger partial charge is 0.262 e. The van der Waals surface area contributed by atoms with E-state index in [0.29, 0.717) is 28.6 Å². The fraction of sp³-hybridized carbons (Fsp3) is 0.133. The lowest BCUT2D eigenvalue weighted by Gasteiger charge is -2.08. The summed E-state index contributed by atoms with van der Waals surface area (Å²) in [6.45, 7) is 0.100. The van der Waals surface area contributed by atoms with Crippen molar-refractivity contribution < 1.29 is 19.0 Å². The van der Waals surface area contributed by atoms with Crippen LogP contribution in [0.5, 0.6) is 17.2 Å². The van der Waals surface area contributed by atoms with Gasteiger partial charge in [-0.3, -0.25) is 4.79 Å². The summed E-state index contributed by atoms with van der Waals surface area (Å²) in [7, 11) is 0. The molecule has 1 heterocycles. The van der Waals surface area contributed by atoms with E-state index < -0.39 is 0 Å². The van der Waals surface area contributed by atoms with E-state index in [-0.39, 0.29) is 19.3 Å². The van der Waals surface area contributed by atoms with Crippen molar-refractivity contribution in [1.82, 2.24) is 0 Å². The third kappa shape index (κ3) is 3.17. The number of rotatable bonds is 4. The molecule has 2 aromatic carbocycles. The first-order valence-corrected chi connectivity index (χ1v) is 6.38. The van der Waals surface area contributed by atoms with E-state index >= 15 is 0 Å². The van der Waals surface area contributed by atoms with Crippen LogP contribution in [-0.4, -0.2) is 19.3 Å². The highest BCUT2D eigenvalue weighted by Gasteiger charge is 2.14. The van der Waals surface area contributed by atoms with Crippen LogP contribution in [0.25, 0.3) is 0 Å². The van der Waals surface area contributed by atoms with Crippen LogP contribution >= 0.6 is 0 Å². The maximum absolute atomic E-state index is 11.8. The van der Waals surface area contributed by atoms with E-state index in [1.165, 1.54) is 0 Å². The molecule has 1 aliphatic rings. The predicted molar refractivity (Wildman–Crippen MR) is 77.5 cm³/mol. The largest absolute Gasteiger partial charge is 0.484 e. The minimum atomic E-state index is -0.267. The van der Waals surface area contributed by atoms with E-state index in [1.54, 1.807) is 42.5 Å². The summed E-state index contributed by atoms with van der Waals surface area (Å²) >= 11 is 0. The number of nitrogens with one attached hydrogen (secondary N) is 1. The molecule has 108 valence electrons. The number of hydrogen-bond donors (Lipinski definition) is 2. The summed E-state index contributed by atoms with van der Waals surface area (Å²) in [6.07, 6.45) is 0. The van der Waals surface area contributed by atoms with Gasteiger partial charge in [0.15, 0.2) is 18.1 Å². The fourth-order valence-electron chi connectivity index (χ4n) is 1.92. The minimum absolute atomic E-state index is 0.0993. The summed E-state index contributed by atoms with van der Waals surface area (Å²) in [5.41, 5.74) is 6.85. The number of hydrogen-bond acceptors (Lipinski definition) is 5. The Bertz CT molecular complexity index is 672. The van der Waals surface area contributed by atoms with E-state index in [2.05, 4.69) is 5.32 Å². The molecule has 0 aromatic heterocycles.